The van der Waals surface area contributed by atoms with Crippen LogP contribution in [-0.4, -0.2) is 52.1 Å². The van der Waals surface area contributed by atoms with E-state index >= 15 is 0 Å². The molecule has 3 heterocycles. The first kappa shape index (κ1) is 17.0. The van der Waals surface area contributed by atoms with Crippen molar-refractivity contribution in [3.05, 3.63) is 12.4 Å². The van der Waals surface area contributed by atoms with Crippen LogP contribution in [0.1, 0.15) is 60.4 Å². The second-order valence-electron chi connectivity index (χ2n) is 8.20. The van der Waals surface area contributed by atoms with Gasteiger partial charge in [-0.1, -0.05) is 0 Å². The highest BCUT2D eigenvalue weighted by Gasteiger charge is 2.52. The molecule has 128 valence electrons. The summed E-state index contributed by atoms with van der Waals surface area (Å²) in [5, 5.41) is 4.59. The number of nitrogens with zero attached hydrogens (tertiary/aromatic N) is 3. The van der Waals surface area contributed by atoms with Gasteiger partial charge in [-0.2, -0.15) is 5.10 Å². The number of rotatable bonds is 3. The second kappa shape index (κ2) is 5.90. The van der Waals surface area contributed by atoms with Crippen molar-refractivity contribution in [2.45, 2.75) is 77.7 Å². The molecule has 0 radical (unpaired) electrons. The summed E-state index contributed by atoms with van der Waals surface area (Å²) in [4.78, 5) is 2.54. The molecule has 0 aliphatic carbocycles. The SMILES string of the molecule is CC(C)N1CCC(n2cc(B3OC(C)(C)C(C)(C)O3)cn2)CC1. The van der Waals surface area contributed by atoms with Crippen molar-refractivity contribution in [1.82, 2.24) is 14.7 Å². The molecule has 5 nitrogen and oxygen atoms in total. The molecule has 2 saturated heterocycles. The van der Waals surface area contributed by atoms with E-state index in [2.05, 4.69) is 62.4 Å². The van der Waals surface area contributed by atoms with Crippen molar-refractivity contribution in [3.63, 3.8) is 0 Å². The van der Waals surface area contributed by atoms with Gasteiger partial charge in [0.25, 0.3) is 0 Å². The fourth-order valence-corrected chi connectivity index (χ4v) is 3.32. The largest absolute Gasteiger partial charge is 0.498 e. The fourth-order valence-electron chi connectivity index (χ4n) is 3.32. The normalized spacial score (nSPS) is 25.4. The van der Waals surface area contributed by atoms with Crippen LogP contribution in [0, 0.1) is 0 Å². The van der Waals surface area contributed by atoms with E-state index in [1.54, 1.807) is 0 Å². The van der Waals surface area contributed by atoms with Crippen molar-refractivity contribution < 1.29 is 9.31 Å². The van der Waals surface area contributed by atoms with Crippen LogP contribution >= 0.6 is 0 Å². The van der Waals surface area contributed by atoms with Crippen molar-refractivity contribution in [2.75, 3.05) is 13.1 Å². The van der Waals surface area contributed by atoms with Crippen LogP contribution in [-0.2, 0) is 9.31 Å². The zero-order valence-electron chi connectivity index (χ0n) is 15.4. The first-order valence-electron chi connectivity index (χ1n) is 8.83. The quantitative estimate of drug-likeness (QED) is 0.801. The lowest BCUT2D eigenvalue weighted by atomic mass is 9.82. The van der Waals surface area contributed by atoms with Crippen LogP contribution in [0.2, 0.25) is 0 Å². The van der Waals surface area contributed by atoms with Gasteiger partial charge in [-0.15, -0.1) is 0 Å². The molecule has 0 spiro atoms. The predicted octanol–water partition coefficient (Wildman–Crippen LogP) is 2.23. The molecule has 2 aliphatic rings. The second-order valence-corrected chi connectivity index (χ2v) is 8.20. The van der Waals surface area contributed by atoms with Crippen LogP contribution in [0.3, 0.4) is 0 Å². The van der Waals surface area contributed by atoms with Gasteiger partial charge in [0.1, 0.15) is 0 Å². The Kier molecular flexibility index (Phi) is 4.36. The summed E-state index contributed by atoms with van der Waals surface area (Å²) in [7, 11) is -0.315. The zero-order valence-corrected chi connectivity index (χ0v) is 15.4. The van der Waals surface area contributed by atoms with Gasteiger partial charge in [-0.05, 0) is 54.4 Å². The molecule has 6 heteroatoms. The fraction of sp³-hybridized carbons (Fsp3) is 0.824. The smallest absolute Gasteiger partial charge is 0.399 e. The molecule has 0 aromatic carbocycles. The maximum absolute atomic E-state index is 6.12. The van der Waals surface area contributed by atoms with Crippen LogP contribution in [0.25, 0.3) is 0 Å². The third-order valence-corrected chi connectivity index (χ3v) is 5.75. The molecule has 0 N–H and O–H groups in total. The average Bonchev–Trinajstić information content (AvgIpc) is 3.02. The highest BCUT2D eigenvalue weighted by Crippen LogP contribution is 2.36. The van der Waals surface area contributed by atoms with Gasteiger partial charge in [0.05, 0.1) is 17.2 Å². The van der Waals surface area contributed by atoms with Gasteiger partial charge >= 0.3 is 7.12 Å². The minimum Gasteiger partial charge on any atom is -0.399 e. The first-order chi connectivity index (χ1) is 10.7. The summed E-state index contributed by atoms with van der Waals surface area (Å²) in [5.41, 5.74) is 0.417. The van der Waals surface area contributed by atoms with E-state index in [1.165, 1.54) is 0 Å². The van der Waals surface area contributed by atoms with Gasteiger partial charge in [0.15, 0.2) is 0 Å². The third-order valence-electron chi connectivity index (χ3n) is 5.75. The van der Waals surface area contributed by atoms with Crippen LogP contribution in [0.15, 0.2) is 12.4 Å². The minimum absolute atomic E-state index is 0.303. The molecular formula is C17H30BN3O2. The Labute approximate surface area is 140 Å². The minimum atomic E-state index is -0.315. The Bertz CT molecular complexity index is 532. The Morgan fingerprint density at radius 1 is 1.13 bits per heavy atom. The van der Waals surface area contributed by atoms with Gasteiger partial charge in [0.2, 0.25) is 0 Å². The first-order valence-corrected chi connectivity index (χ1v) is 8.83. The highest BCUT2D eigenvalue weighted by atomic mass is 16.7. The molecule has 2 aliphatic heterocycles. The van der Waals surface area contributed by atoms with Crippen molar-refractivity contribution in [1.29, 1.82) is 0 Å². The van der Waals surface area contributed by atoms with E-state index in [9.17, 15) is 0 Å². The molecule has 0 amide bonds. The Balaban J connectivity index is 1.66. The summed E-state index contributed by atoms with van der Waals surface area (Å²) in [6.45, 7) is 15.2. The molecule has 1 aromatic heterocycles. The topological polar surface area (TPSA) is 39.5 Å². The number of piperidine rings is 1. The standard InChI is InChI=1S/C17H30BN3O2/c1-13(2)20-9-7-15(8-10-20)21-12-14(11-19-21)18-22-16(3,4)17(5,6)23-18/h11-13,15H,7-10H2,1-6H3. The molecule has 23 heavy (non-hydrogen) atoms. The van der Waals surface area contributed by atoms with Gasteiger partial charge < -0.3 is 14.2 Å². The number of likely N-dealkylation sites (tertiary alicyclic amines) is 1. The van der Waals surface area contributed by atoms with Gasteiger partial charge in [-0.25, -0.2) is 0 Å². The maximum Gasteiger partial charge on any atom is 0.498 e. The summed E-state index contributed by atoms with van der Waals surface area (Å²) in [6, 6.07) is 1.12. The van der Waals surface area contributed by atoms with Crippen molar-refractivity contribution in [2.24, 2.45) is 0 Å². The summed E-state index contributed by atoms with van der Waals surface area (Å²) < 4.78 is 14.3. The number of hydrogen-bond acceptors (Lipinski definition) is 4. The van der Waals surface area contributed by atoms with Crippen molar-refractivity contribution in [3.8, 4) is 0 Å². The Morgan fingerprint density at radius 2 is 1.70 bits per heavy atom. The molecule has 0 bridgehead atoms. The van der Waals surface area contributed by atoms with Crippen LogP contribution < -0.4 is 5.46 Å². The highest BCUT2D eigenvalue weighted by molar-refractivity contribution is 6.61. The molecule has 0 saturated carbocycles. The summed E-state index contributed by atoms with van der Waals surface area (Å²) in [6.07, 6.45) is 6.32. The van der Waals surface area contributed by atoms with Crippen molar-refractivity contribution >= 4 is 12.6 Å². The van der Waals surface area contributed by atoms with E-state index < -0.39 is 0 Å². The maximum atomic E-state index is 6.12. The molecule has 0 unspecified atom stereocenters. The third kappa shape index (κ3) is 3.21. The summed E-state index contributed by atoms with van der Waals surface area (Å²) in [5.74, 6) is 0. The van der Waals surface area contributed by atoms with E-state index in [-0.39, 0.29) is 18.3 Å². The zero-order chi connectivity index (χ0) is 16.8. The molecule has 0 atom stereocenters. The molecular weight excluding hydrogens is 289 g/mol. The van der Waals surface area contributed by atoms with Gasteiger partial charge in [-0.3, -0.25) is 4.68 Å². The molecule has 1 aromatic rings. The van der Waals surface area contributed by atoms with E-state index in [0.29, 0.717) is 12.1 Å². The summed E-state index contributed by atoms with van der Waals surface area (Å²) >= 11 is 0. The Hall–Kier alpha value is -0.845. The van der Waals surface area contributed by atoms with E-state index in [0.717, 1.165) is 31.4 Å². The van der Waals surface area contributed by atoms with Crippen LogP contribution in [0.4, 0.5) is 0 Å². The molecule has 2 fully saturated rings. The lowest BCUT2D eigenvalue weighted by molar-refractivity contribution is 0.00578. The number of hydrogen-bond donors (Lipinski definition) is 0. The van der Waals surface area contributed by atoms with E-state index in [4.69, 9.17) is 9.31 Å². The predicted molar refractivity (Wildman–Crippen MR) is 92.9 cm³/mol. The Morgan fingerprint density at radius 3 is 2.22 bits per heavy atom. The molecule has 3 rings (SSSR count). The van der Waals surface area contributed by atoms with Crippen LogP contribution in [0.5, 0.6) is 0 Å². The lowest BCUT2D eigenvalue weighted by Crippen LogP contribution is -2.41. The van der Waals surface area contributed by atoms with E-state index in [1.807, 2.05) is 6.20 Å². The monoisotopic (exact) mass is 319 g/mol. The van der Waals surface area contributed by atoms with Gasteiger partial charge in [0, 0.05) is 37.0 Å². The average molecular weight is 319 g/mol. The lowest BCUT2D eigenvalue weighted by Gasteiger charge is -2.34. The number of aromatic nitrogens is 2.